The van der Waals surface area contributed by atoms with Crippen molar-refractivity contribution in [2.24, 2.45) is 5.92 Å². The molecule has 0 unspecified atom stereocenters. The molecule has 2 nitrogen and oxygen atoms in total. The van der Waals surface area contributed by atoms with Gasteiger partial charge in [0.15, 0.2) is 0 Å². The lowest BCUT2D eigenvalue weighted by atomic mass is 9.89. The molecule has 1 aliphatic rings. The molecule has 0 aromatic heterocycles. The summed E-state index contributed by atoms with van der Waals surface area (Å²) >= 11 is 0. The molecule has 0 saturated heterocycles. The summed E-state index contributed by atoms with van der Waals surface area (Å²) in [4.78, 5) is 0. The van der Waals surface area contributed by atoms with Crippen LogP contribution in [0.15, 0.2) is 24.3 Å². The Bertz CT molecular complexity index is 318. The van der Waals surface area contributed by atoms with Crippen LogP contribution in [-0.4, -0.2) is 11.7 Å². The van der Waals surface area contributed by atoms with E-state index in [1.54, 1.807) is 6.07 Å². The molecule has 2 N–H and O–H groups in total. The van der Waals surface area contributed by atoms with Crippen molar-refractivity contribution in [3.8, 4) is 5.75 Å². The summed E-state index contributed by atoms with van der Waals surface area (Å²) in [5, 5.41) is 12.8. The zero-order chi connectivity index (χ0) is 11.2. The van der Waals surface area contributed by atoms with Crippen LogP contribution in [0, 0.1) is 5.92 Å². The minimum absolute atomic E-state index is 0.358. The normalized spacial score (nSPS) is 17.5. The van der Waals surface area contributed by atoms with E-state index in [1.807, 2.05) is 18.2 Å². The van der Waals surface area contributed by atoms with Gasteiger partial charge < -0.3 is 10.4 Å². The van der Waals surface area contributed by atoms with Crippen LogP contribution in [0.2, 0.25) is 0 Å². The van der Waals surface area contributed by atoms with Crippen molar-refractivity contribution in [2.75, 3.05) is 6.54 Å². The van der Waals surface area contributed by atoms with E-state index in [2.05, 4.69) is 5.32 Å². The minimum atomic E-state index is 0.358. The Morgan fingerprint density at radius 3 is 2.75 bits per heavy atom. The molecule has 2 rings (SSSR count). The van der Waals surface area contributed by atoms with Gasteiger partial charge in [0.05, 0.1) is 0 Å². The fourth-order valence-electron chi connectivity index (χ4n) is 2.48. The number of rotatable bonds is 4. The van der Waals surface area contributed by atoms with Crippen molar-refractivity contribution in [3.05, 3.63) is 29.8 Å². The highest BCUT2D eigenvalue weighted by molar-refractivity contribution is 5.26. The third-order valence-corrected chi connectivity index (χ3v) is 3.40. The molecule has 0 atom stereocenters. The fraction of sp³-hybridized carbons (Fsp3) is 0.571. The van der Waals surface area contributed by atoms with E-state index in [-0.39, 0.29) is 0 Å². The van der Waals surface area contributed by atoms with Crippen molar-refractivity contribution in [1.29, 1.82) is 0 Å². The largest absolute Gasteiger partial charge is 0.508 e. The van der Waals surface area contributed by atoms with Crippen molar-refractivity contribution >= 4 is 0 Å². The monoisotopic (exact) mass is 219 g/mol. The number of benzene rings is 1. The summed E-state index contributed by atoms with van der Waals surface area (Å²) in [6.07, 6.45) is 6.99. The van der Waals surface area contributed by atoms with E-state index in [9.17, 15) is 5.11 Å². The molecule has 88 valence electrons. The molecule has 1 fully saturated rings. The Labute approximate surface area is 97.7 Å². The molecule has 0 heterocycles. The number of aromatic hydroxyl groups is 1. The molecule has 1 saturated carbocycles. The van der Waals surface area contributed by atoms with Crippen molar-refractivity contribution in [3.63, 3.8) is 0 Å². The summed E-state index contributed by atoms with van der Waals surface area (Å²) in [6, 6.07) is 7.49. The lowest BCUT2D eigenvalue weighted by Crippen LogP contribution is -2.24. The highest BCUT2D eigenvalue weighted by Gasteiger charge is 2.12. The van der Waals surface area contributed by atoms with E-state index in [1.165, 1.54) is 32.1 Å². The van der Waals surface area contributed by atoms with Gasteiger partial charge in [0, 0.05) is 6.54 Å². The SMILES string of the molecule is Oc1cccc(CNCC2CCCCC2)c1. The van der Waals surface area contributed by atoms with Crippen LogP contribution < -0.4 is 5.32 Å². The smallest absolute Gasteiger partial charge is 0.115 e. The number of phenolic OH excluding ortho intramolecular Hbond substituents is 1. The van der Waals surface area contributed by atoms with Gasteiger partial charge in [-0.15, -0.1) is 0 Å². The highest BCUT2D eigenvalue weighted by atomic mass is 16.3. The number of hydrogen-bond donors (Lipinski definition) is 2. The Morgan fingerprint density at radius 2 is 2.00 bits per heavy atom. The average Bonchev–Trinajstić information content (AvgIpc) is 2.30. The summed E-state index contributed by atoms with van der Waals surface area (Å²) in [6.45, 7) is 1.99. The Kier molecular flexibility index (Phi) is 4.23. The van der Waals surface area contributed by atoms with Crippen LogP contribution >= 0.6 is 0 Å². The average molecular weight is 219 g/mol. The first-order valence-corrected chi connectivity index (χ1v) is 6.33. The second kappa shape index (κ2) is 5.90. The third-order valence-electron chi connectivity index (χ3n) is 3.40. The number of nitrogens with one attached hydrogen (secondary N) is 1. The molecule has 16 heavy (non-hydrogen) atoms. The van der Waals surface area contributed by atoms with Gasteiger partial charge in [-0.1, -0.05) is 31.4 Å². The van der Waals surface area contributed by atoms with Crippen molar-refractivity contribution in [1.82, 2.24) is 5.32 Å². The van der Waals surface area contributed by atoms with Gasteiger partial charge in [0.1, 0.15) is 5.75 Å². The van der Waals surface area contributed by atoms with Crippen molar-refractivity contribution in [2.45, 2.75) is 38.6 Å². The van der Waals surface area contributed by atoms with E-state index >= 15 is 0 Å². The van der Waals surface area contributed by atoms with Gasteiger partial charge in [-0.3, -0.25) is 0 Å². The lowest BCUT2D eigenvalue weighted by Gasteiger charge is -2.21. The van der Waals surface area contributed by atoms with Crippen LogP contribution in [0.25, 0.3) is 0 Å². The van der Waals surface area contributed by atoms with E-state index in [0.29, 0.717) is 5.75 Å². The Hall–Kier alpha value is -1.02. The number of phenols is 1. The molecular formula is C14H21NO. The predicted molar refractivity (Wildman–Crippen MR) is 66.4 cm³/mol. The first-order chi connectivity index (χ1) is 7.84. The molecule has 2 heteroatoms. The van der Waals surface area contributed by atoms with Crippen LogP contribution in [0.3, 0.4) is 0 Å². The Morgan fingerprint density at radius 1 is 1.19 bits per heavy atom. The van der Waals surface area contributed by atoms with E-state index in [0.717, 1.165) is 24.6 Å². The van der Waals surface area contributed by atoms with Gasteiger partial charge in [0.25, 0.3) is 0 Å². The molecule has 1 aliphatic carbocycles. The van der Waals surface area contributed by atoms with Gasteiger partial charge in [-0.2, -0.15) is 0 Å². The Balaban J connectivity index is 1.71. The first kappa shape index (κ1) is 11.5. The molecule has 0 aliphatic heterocycles. The molecular weight excluding hydrogens is 198 g/mol. The molecule has 0 amide bonds. The highest BCUT2D eigenvalue weighted by Crippen LogP contribution is 2.22. The first-order valence-electron chi connectivity index (χ1n) is 6.33. The van der Waals surface area contributed by atoms with Gasteiger partial charge >= 0.3 is 0 Å². The zero-order valence-electron chi connectivity index (χ0n) is 9.78. The van der Waals surface area contributed by atoms with Crippen molar-refractivity contribution < 1.29 is 5.11 Å². The minimum Gasteiger partial charge on any atom is -0.508 e. The third kappa shape index (κ3) is 3.53. The molecule has 1 aromatic carbocycles. The fourth-order valence-corrected chi connectivity index (χ4v) is 2.48. The maximum atomic E-state index is 9.33. The summed E-state index contributed by atoms with van der Waals surface area (Å²) in [5.41, 5.74) is 1.16. The molecule has 0 bridgehead atoms. The van der Waals surface area contributed by atoms with Crippen LogP contribution in [0.5, 0.6) is 5.75 Å². The molecule has 1 aromatic rings. The van der Waals surface area contributed by atoms with Crippen LogP contribution in [0.1, 0.15) is 37.7 Å². The second-order valence-corrected chi connectivity index (χ2v) is 4.80. The summed E-state index contributed by atoms with van der Waals surface area (Å²) in [5.74, 6) is 1.23. The second-order valence-electron chi connectivity index (χ2n) is 4.80. The van der Waals surface area contributed by atoms with E-state index < -0.39 is 0 Å². The lowest BCUT2D eigenvalue weighted by molar-refractivity contribution is 0.342. The maximum absolute atomic E-state index is 9.33. The summed E-state index contributed by atoms with van der Waals surface area (Å²) in [7, 11) is 0. The molecule has 0 spiro atoms. The predicted octanol–water partition coefficient (Wildman–Crippen LogP) is 3.06. The topological polar surface area (TPSA) is 32.3 Å². The molecule has 0 radical (unpaired) electrons. The standard InChI is InChI=1S/C14H21NO/c16-14-8-4-7-13(9-14)11-15-10-12-5-2-1-3-6-12/h4,7-9,12,15-16H,1-3,5-6,10-11H2. The zero-order valence-corrected chi connectivity index (χ0v) is 9.78. The van der Waals surface area contributed by atoms with Crippen LogP contribution in [0.4, 0.5) is 0 Å². The maximum Gasteiger partial charge on any atom is 0.115 e. The van der Waals surface area contributed by atoms with Gasteiger partial charge in [-0.05, 0) is 43.0 Å². The van der Waals surface area contributed by atoms with E-state index in [4.69, 9.17) is 0 Å². The quantitative estimate of drug-likeness (QED) is 0.815. The van der Waals surface area contributed by atoms with Crippen LogP contribution in [-0.2, 0) is 6.54 Å². The van der Waals surface area contributed by atoms with Gasteiger partial charge in [-0.25, -0.2) is 0 Å². The van der Waals surface area contributed by atoms with Gasteiger partial charge in [0.2, 0.25) is 0 Å². The summed E-state index contributed by atoms with van der Waals surface area (Å²) < 4.78 is 0. The number of hydrogen-bond acceptors (Lipinski definition) is 2.